The summed E-state index contributed by atoms with van der Waals surface area (Å²) in [5.41, 5.74) is 0.410. The summed E-state index contributed by atoms with van der Waals surface area (Å²) in [6.07, 6.45) is 0.0445. The van der Waals surface area contributed by atoms with E-state index in [4.69, 9.17) is 39.5 Å². The van der Waals surface area contributed by atoms with Gasteiger partial charge in [0, 0.05) is 24.2 Å². The zero-order chi connectivity index (χ0) is 16.2. The molecule has 0 aliphatic carbocycles. The van der Waals surface area contributed by atoms with E-state index in [1.165, 1.54) is 23.5 Å². The summed E-state index contributed by atoms with van der Waals surface area (Å²) in [6, 6.07) is 2.87. The number of alkyl halides is 1. The van der Waals surface area contributed by atoms with E-state index in [0.29, 0.717) is 17.2 Å². The van der Waals surface area contributed by atoms with Crippen molar-refractivity contribution in [3.63, 3.8) is 0 Å². The Bertz CT molecular complexity index is 591. The molecule has 0 N–H and O–H groups in total. The Kier molecular flexibility index (Phi) is 7.24. The van der Waals surface area contributed by atoms with Crippen molar-refractivity contribution < 1.29 is 13.2 Å². The largest absolute Gasteiger partial charge is 0.377 e. The number of likely N-dealkylation sites (N-methyl/N-ethyl adjacent to an activating group) is 1. The van der Waals surface area contributed by atoms with E-state index < -0.39 is 10.0 Å². The maximum atomic E-state index is 12.5. The van der Waals surface area contributed by atoms with Gasteiger partial charge in [-0.3, -0.25) is 0 Å². The van der Waals surface area contributed by atoms with E-state index in [-0.39, 0.29) is 28.4 Å². The number of rotatable bonds is 7. The maximum absolute atomic E-state index is 12.5. The molecule has 0 fully saturated rings. The van der Waals surface area contributed by atoms with Gasteiger partial charge in [0.1, 0.15) is 4.90 Å². The minimum absolute atomic E-state index is 0.00346. The molecule has 0 saturated heterocycles. The maximum Gasteiger partial charge on any atom is 0.244 e. The molecule has 0 spiro atoms. The van der Waals surface area contributed by atoms with Gasteiger partial charge in [-0.15, -0.1) is 11.6 Å². The Hall–Kier alpha value is -0.0400. The minimum Gasteiger partial charge on any atom is -0.377 e. The lowest BCUT2D eigenvalue weighted by molar-refractivity contribution is 0.0737. The van der Waals surface area contributed by atoms with Gasteiger partial charge >= 0.3 is 0 Å². The van der Waals surface area contributed by atoms with E-state index in [1.807, 2.05) is 13.8 Å². The number of hydrogen-bond acceptors (Lipinski definition) is 3. The molecular formula is C13H18Cl3NO3S. The van der Waals surface area contributed by atoms with Crippen LogP contribution in [0.1, 0.15) is 19.4 Å². The van der Waals surface area contributed by atoms with Gasteiger partial charge in [0.15, 0.2) is 0 Å². The predicted molar refractivity (Wildman–Crippen MR) is 86.9 cm³/mol. The predicted octanol–water partition coefficient (Wildman–Crippen LogP) is 3.78. The molecule has 0 bridgehead atoms. The molecule has 0 unspecified atom stereocenters. The number of ether oxygens (including phenoxy) is 1. The third-order valence-corrected chi connectivity index (χ3v) is 5.89. The monoisotopic (exact) mass is 373 g/mol. The molecular weight excluding hydrogens is 357 g/mol. The van der Waals surface area contributed by atoms with Gasteiger partial charge in [-0.25, -0.2) is 8.42 Å². The van der Waals surface area contributed by atoms with Gasteiger partial charge in [-0.05, 0) is 26.0 Å². The molecule has 0 saturated carbocycles. The fourth-order valence-electron chi connectivity index (χ4n) is 1.60. The minimum atomic E-state index is -3.71. The number of halogens is 3. The van der Waals surface area contributed by atoms with Crippen LogP contribution in [0.15, 0.2) is 17.0 Å². The van der Waals surface area contributed by atoms with Crippen LogP contribution in [0.5, 0.6) is 0 Å². The van der Waals surface area contributed by atoms with Crippen LogP contribution in [0, 0.1) is 0 Å². The van der Waals surface area contributed by atoms with Crippen molar-refractivity contribution in [3.05, 3.63) is 27.7 Å². The first-order chi connectivity index (χ1) is 9.71. The van der Waals surface area contributed by atoms with Gasteiger partial charge in [-0.2, -0.15) is 4.31 Å². The van der Waals surface area contributed by atoms with Gasteiger partial charge in [0.2, 0.25) is 10.0 Å². The summed E-state index contributed by atoms with van der Waals surface area (Å²) in [6.45, 7) is 4.31. The molecule has 0 aromatic heterocycles. The first kappa shape index (κ1) is 19.0. The lowest BCUT2D eigenvalue weighted by atomic mass is 10.2. The topological polar surface area (TPSA) is 46.6 Å². The summed E-state index contributed by atoms with van der Waals surface area (Å²) >= 11 is 17.8. The highest BCUT2D eigenvalue weighted by molar-refractivity contribution is 7.89. The summed E-state index contributed by atoms with van der Waals surface area (Å²) in [5.74, 6) is 0.0429. The zero-order valence-corrected chi connectivity index (χ0v) is 15.2. The summed E-state index contributed by atoms with van der Waals surface area (Å²) in [5, 5.41) is 0.411. The van der Waals surface area contributed by atoms with E-state index >= 15 is 0 Å². The summed E-state index contributed by atoms with van der Waals surface area (Å²) in [4.78, 5) is -0.00346. The molecule has 0 heterocycles. The molecule has 120 valence electrons. The van der Waals surface area contributed by atoms with Crippen LogP contribution < -0.4 is 0 Å². The van der Waals surface area contributed by atoms with Crippen molar-refractivity contribution in [1.82, 2.24) is 4.31 Å². The Morgan fingerprint density at radius 2 is 1.90 bits per heavy atom. The highest BCUT2D eigenvalue weighted by Crippen LogP contribution is 2.33. The van der Waals surface area contributed by atoms with E-state index in [9.17, 15) is 8.42 Å². The molecule has 1 aromatic carbocycles. The van der Waals surface area contributed by atoms with Crippen LogP contribution in [0.3, 0.4) is 0 Å². The van der Waals surface area contributed by atoms with Crippen molar-refractivity contribution in [2.45, 2.75) is 30.7 Å². The first-order valence-corrected chi connectivity index (χ1v) is 9.05. The smallest absolute Gasteiger partial charge is 0.244 e. The van der Waals surface area contributed by atoms with Crippen molar-refractivity contribution in [2.24, 2.45) is 0 Å². The zero-order valence-electron chi connectivity index (χ0n) is 12.1. The van der Waals surface area contributed by atoms with Crippen LogP contribution in [-0.2, 0) is 20.6 Å². The Morgan fingerprint density at radius 3 is 2.43 bits per heavy atom. The molecule has 0 amide bonds. The van der Waals surface area contributed by atoms with Crippen molar-refractivity contribution in [2.75, 3.05) is 20.2 Å². The average Bonchev–Trinajstić information content (AvgIpc) is 2.38. The third-order valence-electron chi connectivity index (χ3n) is 2.83. The Labute approximate surface area is 141 Å². The lowest BCUT2D eigenvalue weighted by Crippen LogP contribution is -2.31. The second-order valence-electron chi connectivity index (χ2n) is 4.72. The van der Waals surface area contributed by atoms with Crippen LogP contribution in [0.25, 0.3) is 0 Å². The van der Waals surface area contributed by atoms with Crippen molar-refractivity contribution in [1.29, 1.82) is 0 Å². The van der Waals surface area contributed by atoms with Crippen molar-refractivity contribution >= 4 is 44.8 Å². The van der Waals surface area contributed by atoms with Crippen LogP contribution in [-0.4, -0.2) is 39.0 Å². The Balaban J connectivity index is 3.03. The van der Waals surface area contributed by atoms with E-state index in [1.54, 1.807) is 0 Å². The van der Waals surface area contributed by atoms with Gasteiger partial charge in [0.05, 0.1) is 23.6 Å². The normalized spacial score (nSPS) is 12.4. The molecule has 4 nitrogen and oxygen atoms in total. The molecule has 1 rings (SSSR count). The average molecular weight is 375 g/mol. The molecule has 1 aromatic rings. The Morgan fingerprint density at radius 1 is 1.29 bits per heavy atom. The molecule has 8 heteroatoms. The van der Waals surface area contributed by atoms with Crippen molar-refractivity contribution in [3.8, 4) is 0 Å². The van der Waals surface area contributed by atoms with Crippen LogP contribution >= 0.6 is 34.8 Å². The van der Waals surface area contributed by atoms with Crippen LogP contribution in [0.2, 0.25) is 10.0 Å². The molecule has 0 aliphatic rings. The standard InChI is InChI=1S/C13H18Cl3NO3S/c1-9(2)20-7-6-17(3)21(18,19)12-5-4-11(15)10(8-14)13(12)16/h4-5,9H,6-8H2,1-3H3. The fourth-order valence-corrected chi connectivity index (χ4v) is 4.05. The number of benzene rings is 1. The summed E-state index contributed by atoms with van der Waals surface area (Å²) in [7, 11) is -2.24. The molecule has 0 radical (unpaired) electrons. The highest BCUT2D eigenvalue weighted by atomic mass is 35.5. The lowest BCUT2D eigenvalue weighted by Gasteiger charge is -2.19. The number of nitrogens with zero attached hydrogens (tertiary/aromatic N) is 1. The van der Waals surface area contributed by atoms with Gasteiger partial charge < -0.3 is 4.74 Å². The second-order valence-corrected chi connectivity index (χ2v) is 7.78. The number of hydrogen-bond donors (Lipinski definition) is 0. The quantitative estimate of drug-likeness (QED) is 0.682. The molecule has 0 aliphatic heterocycles. The van der Waals surface area contributed by atoms with E-state index in [0.717, 1.165) is 0 Å². The molecule has 21 heavy (non-hydrogen) atoms. The second kappa shape index (κ2) is 7.99. The fraction of sp³-hybridized carbons (Fsp3) is 0.538. The number of sulfonamides is 1. The van der Waals surface area contributed by atoms with Gasteiger partial charge in [0.25, 0.3) is 0 Å². The highest BCUT2D eigenvalue weighted by Gasteiger charge is 2.25. The van der Waals surface area contributed by atoms with Crippen LogP contribution in [0.4, 0.5) is 0 Å². The first-order valence-electron chi connectivity index (χ1n) is 6.32. The summed E-state index contributed by atoms with van der Waals surface area (Å²) < 4.78 is 31.6. The van der Waals surface area contributed by atoms with E-state index in [2.05, 4.69) is 0 Å². The third kappa shape index (κ3) is 4.71. The van der Waals surface area contributed by atoms with Gasteiger partial charge in [-0.1, -0.05) is 23.2 Å². The molecule has 0 atom stereocenters. The SMILES string of the molecule is CC(C)OCCN(C)S(=O)(=O)c1ccc(Cl)c(CCl)c1Cl.